The highest BCUT2D eigenvalue weighted by atomic mass is 35.5. The van der Waals surface area contributed by atoms with Crippen molar-refractivity contribution >= 4 is 23.4 Å². The second-order valence-corrected chi connectivity index (χ2v) is 7.00. The predicted octanol–water partition coefficient (Wildman–Crippen LogP) is 4.41. The lowest BCUT2D eigenvalue weighted by Gasteiger charge is -2.22. The number of rotatable bonds is 5. The molecule has 0 heterocycles. The summed E-state index contributed by atoms with van der Waals surface area (Å²) in [5.41, 5.74) is 6.67. The van der Waals surface area contributed by atoms with Crippen molar-refractivity contribution < 1.29 is 4.39 Å². The number of halogens is 2. The molecule has 0 spiro atoms. The van der Waals surface area contributed by atoms with Crippen LogP contribution in [0.25, 0.3) is 0 Å². The second kappa shape index (κ2) is 7.51. The van der Waals surface area contributed by atoms with Crippen LogP contribution in [0.4, 0.5) is 4.39 Å². The van der Waals surface area contributed by atoms with Gasteiger partial charge in [-0.3, -0.25) is 0 Å². The third kappa shape index (κ3) is 4.66. The molecule has 2 N–H and O–H groups in total. The topological polar surface area (TPSA) is 26.0 Å². The molecule has 1 saturated carbocycles. The fraction of sp³-hybridized carbons (Fsp3) is 0.600. The lowest BCUT2D eigenvalue weighted by atomic mass is 10.0. The Balaban J connectivity index is 1.82. The van der Waals surface area contributed by atoms with Crippen molar-refractivity contribution in [3.63, 3.8) is 0 Å². The third-order valence-electron chi connectivity index (χ3n) is 3.63. The van der Waals surface area contributed by atoms with Gasteiger partial charge in [0, 0.05) is 27.6 Å². The summed E-state index contributed by atoms with van der Waals surface area (Å²) in [6.45, 7) is 0. The Labute approximate surface area is 124 Å². The van der Waals surface area contributed by atoms with Gasteiger partial charge in [0.05, 0.1) is 0 Å². The Morgan fingerprint density at radius 2 is 2.05 bits per heavy atom. The molecule has 1 fully saturated rings. The smallest absolute Gasteiger partial charge is 0.127 e. The molecule has 0 bridgehead atoms. The van der Waals surface area contributed by atoms with Crippen molar-refractivity contribution in [1.82, 2.24) is 0 Å². The molecule has 0 amide bonds. The number of thioether (sulfide) groups is 1. The quantitative estimate of drug-likeness (QED) is 0.871. The molecule has 1 aliphatic carbocycles. The van der Waals surface area contributed by atoms with Crippen molar-refractivity contribution in [2.45, 2.75) is 49.8 Å². The van der Waals surface area contributed by atoms with Gasteiger partial charge in [0.1, 0.15) is 5.82 Å². The number of hydrogen-bond donors (Lipinski definition) is 1. The first-order chi connectivity index (χ1) is 9.16. The Morgan fingerprint density at radius 1 is 1.32 bits per heavy atom. The minimum absolute atomic E-state index is 0.0265. The van der Waals surface area contributed by atoms with Crippen molar-refractivity contribution in [1.29, 1.82) is 0 Å². The van der Waals surface area contributed by atoms with E-state index in [1.807, 2.05) is 11.8 Å². The number of nitrogens with two attached hydrogens (primary N) is 1. The van der Waals surface area contributed by atoms with Gasteiger partial charge in [-0.15, -0.1) is 0 Å². The second-order valence-electron chi connectivity index (χ2n) is 5.26. The van der Waals surface area contributed by atoms with Gasteiger partial charge in [0.15, 0.2) is 0 Å². The first-order valence-electron chi connectivity index (χ1n) is 6.97. The van der Waals surface area contributed by atoms with Gasteiger partial charge < -0.3 is 5.73 Å². The monoisotopic (exact) mass is 301 g/mol. The van der Waals surface area contributed by atoms with Gasteiger partial charge >= 0.3 is 0 Å². The minimum atomic E-state index is -0.245. The summed E-state index contributed by atoms with van der Waals surface area (Å²) in [5, 5.41) is 1.23. The van der Waals surface area contributed by atoms with Gasteiger partial charge in [0.25, 0.3) is 0 Å². The maximum Gasteiger partial charge on any atom is 0.127 e. The Morgan fingerprint density at radius 3 is 2.74 bits per heavy atom. The molecular formula is C15H21ClFNS. The molecule has 1 unspecified atom stereocenters. The summed E-state index contributed by atoms with van der Waals surface area (Å²) in [7, 11) is 0. The Kier molecular flexibility index (Phi) is 5.99. The zero-order valence-corrected chi connectivity index (χ0v) is 12.7. The van der Waals surface area contributed by atoms with Crippen LogP contribution in [-0.2, 0) is 6.42 Å². The fourth-order valence-corrected chi connectivity index (χ4v) is 4.08. The van der Waals surface area contributed by atoms with E-state index in [4.69, 9.17) is 17.3 Å². The highest BCUT2D eigenvalue weighted by molar-refractivity contribution is 7.99. The lowest BCUT2D eigenvalue weighted by Crippen LogP contribution is -2.27. The summed E-state index contributed by atoms with van der Waals surface area (Å²) in [5.74, 6) is 0.639. The van der Waals surface area contributed by atoms with E-state index < -0.39 is 0 Å². The third-order valence-corrected chi connectivity index (χ3v) is 5.54. The average molecular weight is 302 g/mol. The van der Waals surface area contributed by atoms with Crippen LogP contribution in [0.15, 0.2) is 18.2 Å². The van der Waals surface area contributed by atoms with E-state index in [1.165, 1.54) is 38.2 Å². The van der Waals surface area contributed by atoms with Gasteiger partial charge in [-0.2, -0.15) is 11.8 Å². The van der Waals surface area contributed by atoms with Crippen molar-refractivity contribution in [2.24, 2.45) is 5.73 Å². The molecule has 1 aromatic carbocycles. The van der Waals surface area contributed by atoms with Crippen LogP contribution in [-0.4, -0.2) is 17.0 Å². The molecule has 106 valence electrons. The Bertz CT molecular complexity index is 387. The molecule has 1 nitrogen and oxygen atoms in total. The largest absolute Gasteiger partial charge is 0.327 e. The summed E-state index contributed by atoms with van der Waals surface area (Å²) < 4.78 is 13.7. The lowest BCUT2D eigenvalue weighted by molar-refractivity contribution is 0.515. The Hall–Kier alpha value is -0.250. The van der Waals surface area contributed by atoms with E-state index in [1.54, 1.807) is 12.1 Å². The molecule has 0 saturated heterocycles. The minimum Gasteiger partial charge on any atom is -0.327 e. The van der Waals surface area contributed by atoms with Crippen molar-refractivity contribution in [2.75, 3.05) is 5.75 Å². The van der Waals surface area contributed by atoms with E-state index in [0.717, 1.165) is 11.0 Å². The molecule has 2 rings (SSSR count). The van der Waals surface area contributed by atoms with E-state index in [2.05, 4.69) is 0 Å². The maximum absolute atomic E-state index is 13.7. The van der Waals surface area contributed by atoms with Gasteiger partial charge in [-0.1, -0.05) is 36.9 Å². The van der Waals surface area contributed by atoms with E-state index >= 15 is 0 Å². The van der Waals surface area contributed by atoms with E-state index in [-0.39, 0.29) is 11.9 Å². The molecule has 1 aliphatic rings. The zero-order chi connectivity index (χ0) is 13.7. The number of benzene rings is 1. The van der Waals surface area contributed by atoms with Crippen LogP contribution in [0.5, 0.6) is 0 Å². The summed E-state index contributed by atoms with van der Waals surface area (Å²) in [6.07, 6.45) is 7.17. The molecule has 1 atom stereocenters. The molecular weight excluding hydrogens is 281 g/mol. The van der Waals surface area contributed by atoms with Gasteiger partial charge in [0.2, 0.25) is 0 Å². The van der Waals surface area contributed by atoms with Crippen LogP contribution in [0.1, 0.15) is 37.7 Å². The van der Waals surface area contributed by atoms with Crippen LogP contribution in [0.3, 0.4) is 0 Å². The van der Waals surface area contributed by atoms with Crippen LogP contribution in [0.2, 0.25) is 5.02 Å². The predicted molar refractivity (Wildman–Crippen MR) is 82.4 cm³/mol. The molecule has 0 aliphatic heterocycles. The van der Waals surface area contributed by atoms with E-state index in [9.17, 15) is 4.39 Å². The van der Waals surface area contributed by atoms with Crippen LogP contribution < -0.4 is 5.73 Å². The fourth-order valence-electron chi connectivity index (χ4n) is 2.54. The highest BCUT2D eigenvalue weighted by Crippen LogP contribution is 2.29. The van der Waals surface area contributed by atoms with Crippen molar-refractivity contribution in [3.8, 4) is 0 Å². The summed E-state index contributed by atoms with van der Waals surface area (Å²) in [4.78, 5) is 0. The van der Waals surface area contributed by atoms with Crippen LogP contribution >= 0.6 is 23.4 Å². The zero-order valence-electron chi connectivity index (χ0n) is 11.1. The molecule has 1 aromatic rings. The van der Waals surface area contributed by atoms with Gasteiger partial charge in [-0.05, 0) is 31.4 Å². The normalized spacial score (nSPS) is 18.5. The first kappa shape index (κ1) is 15.1. The van der Waals surface area contributed by atoms with Gasteiger partial charge in [-0.25, -0.2) is 4.39 Å². The number of hydrogen-bond acceptors (Lipinski definition) is 2. The van der Waals surface area contributed by atoms with E-state index in [0.29, 0.717) is 17.0 Å². The molecule has 19 heavy (non-hydrogen) atoms. The maximum atomic E-state index is 13.7. The SMILES string of the molecule is NC(CSC1CCCCC1)Cc1c(F)cccc1Cl. The molecule has 0 aromatic heterocycles. The summed E-state index contributed by atoms with van der Waals surface area (Å²) in [6, 6.07) is 4.77. The first-order valence-corrected chi connectivity index (χ1v) is 8.39. The summed E-state index contributed by atoms with van der Waals surface area (Å²) >= 11 is 7.97. The van der Waals surface area contributed by atoms with Crippen molar-refractivity contribution in [3.05, 3.63) is 34.6 Å². The highest BCUT2D eigenvalue weighted by Gasteiger charge is 2.17. The average Bonchev–Trinajstić information content (AvgIpc) is 2.42. The molecule has 4 heteroatoms. The van der Waals surface area contributed by atoms with Crippen LogP contribution in [0, 0.1) is 5.82 Å². The molecule has 0 radical (unpaired) electrons. The standard InChI is InChI=1S/C15H21ClFNS/c16-14-7-4-8-15(17)13(14)9-11(18)10-19-12-5-2-1-3-6-12/h4,7-8,11-12H,1-3,5-6,9-10,18H2.